The zero-order valence-electron chi connectivity index (χ0n) is 10.6. The Morgan fingerprint density at radius 2 is 2.00 bits per heavy atom. The van der Waals surface area contributed by atoms with E-state index in [2.05, 4.69) is 14.8 Å². The average molecular weight is 273 g/mol. The van der Waals surface area contributed by atoms with Crippen LogP contribution in [0.25, 0.3) is 0 Å². The first-order chi connectivity index (χ1) is 8.66. The predicted molar refractivity (Wildman–Crippen MR) is 62.5 cm³/mol. The summed E-state index contributed by atoms with van der Waals surface area (Å²) in [5.74, 6) is -0.364. The molecular weight excluding hydrogens is 260 g/mol. The number of alkyl halides is 2. The van der Waals surface area contributed by atoms with E-state index >= 15 is 0 Å². The zero-order chi connectivity index (χ0) is 14.3. The van der Waals surface area contributed by atoms with E-state index in [9.17, 15) is 13.6 Å². The Hall–Kier alpha value is -2.05. The van der Waals surface area contributed by atoms with Crippen LogP contribution >= 0.6 is 0 Å². The van der Waals surface area contributed by atoms with Crippen molar-refractivity contribution in [2.75, 3.05) is 5.32 Å². The Morgan fingerprint density at radius 3 is 2.63 bits per heavy atom. The fourth-order valence-corrected chi connectivity index (χ4v) is 1.48. The van der Waals surface area contributed by atoms with Gasteiger partial charge in [-0.1, -0.05) is 6.07 Å². The molecule has 0 saturated heterocycles. The topological polar surface area (TPSA) is 56.8 Å². The van der Waals surface area contributed by atoms with Gasteiger partial charge in [0, 0.05) is 0 Å². The quantitative estimate of drug-likeness (QED) is 0.852. The SMILES string of the molecule is CC(C)(C)OC(=O)Nc1cccc2c1OC(F)(F)O2. The van der Waals surface area contributed by atoms with E-state index in [4.69, 9.17) is 4.74 Å². The highest BCUT2D eigenvalue weighted by Gasteiger charge is 2.44. The van der Waals surface area contributed by atoms with E-state index in [1.54, 1.807) is 20.8 Å². The number of carbonyl (C=O) groups excluding carboxylic acids is 1. The molecule has 0 radical (unpaired) electrons. The van der Waals surface area contributed by atoms with Crippen molar-refractivity contribution >= 4 is 11.8 Å². The minimum atomic E-state index is -3.73. The standard InChI is InChI=1S/C12H13F2NO4/c1-11(2,3)19-10(16)15-7-5-4-6-8-9(7)18-12(13,14)17-8/h4-6H,1-3H3,(H,15,16). The lowest BCUT2D eigenvalue weighted by Gasteiger charge is -2.19. The van der Waals surface area contributed by atoms with E-state index in [0.29, 0.717) is 0 Å². The molecule has 1 N–H and O–H groups in total. The number of para-hydroxylation sites is 1. The van der Waals surface area contributed by atoms with Gasteiger partial charge in [0.05, 0.1) is 5.69 Å². The molecule has 0 aliphatic carbocycles. The number of fused-ring (bicyclic) bond motifs is 1. The summed E-state index contributed by atoms with van der Waals surface area (Å²) in [7, 11) is 0. The number of benzene rings is 1. The van der Waals surface area contributed by atoms with Gasteiger partial charge in [0.25, 0.3) is 0 Å². The largest absolute Gasteiger partial charge is 0.586 e. The molecule has 5 nitrogen and oxygen atoms in total. The maximum atomic E-state index is 12.9. The summed E-state index contributed by atoms with van der Waals surface area (Å²) in [4.78, 5) is 11.6. The van der Waals surface area contributed by atoms with Gasteiger partial charge >= 0.3 is 12.4 Å². The van der Waals surface area contributed by atoms with Gasteiger partial charge in [-0.2, -0.15) is 0 Å². The molecule has 2 rings (SSSR count). The predicted octanol–water partition coefficient (Wildman–Crippen LogP) is 3.36. The Morgan fingerprint density at radius 1 is 1.32 bits per heavy atom. The number of amides is 1. The van der Waals surface area contributed by atoms with Crippen molar-refractivity contribution in [2.24, 2.45) is 0 Å². The molecule has 0 saturated carbocycles. The summed E-state index contributed by atoms with van der Waals surface area (Å²) >= 11 is 0. The molecule has 1 aliphatic rings. The van der Waals surface area contributed by atoms with Gasteiger partial charge in [-0.05, 0) is 32.9 Å². The molecule has 0 spiro atoms. The van der Waals surface area contributed by atoms with Crippen LogP contribution in [0.3, 0.4) is 0 Å². The highest BCUT2D eigenvalue weighted by Crippen LogP contribution is 2.45. The van der Waals surface area contributed by atoms with Crippen LogP contribution in [0.15, 0.2) is 18.2 Å². The van der Waals surface area contributed by atoms with Crippen molar-refractivity contribution in [3.8, 4) is 11.5 Å². The summed E-state index contributed by atoms with van der Waals surface area (Å²) in [5.41, 5.74) is -0.632. The highest BCUT2D eigenvalue weighted by atomic mass is 19.3. The van der Waals surface area contributed by atoms with Crippen LogP contribution in [-0.4, -0.2) is 18.0 Å². The first-order valence-corrected chi connectivity index (χ1v) is 5.55. The van der Waals surface area contributed by atoms with Crippen LogP contribution < -0.4 is 14.8 Å². The van der Waals surface area contributed by atoms with Gasteiger partial charge in [0.2, 0.25) is 0 Å². The fourth-order valence-electron chi connectivity index (χ4n) is 1.48. The molecule has 104 valence electrons. The van der Waals surface area contributed by atoms with Crippen LogP contribution in [0.5, 0.6) is 11.5 Å². The third-order valence-corrected chi connectivity index (χ3v) is 2.06. The Balaban J connectivity index is 2.16. The first-order valence-electron chi connectivity index (χ1n) is 5.55. The first kappa shape index (κ1) is 13.4. The third kappa shape index (κ3) is 3.24. The lowest BCUT2D eigenvalue weighted by atomic mass is 10.2. The van der Waals surface area contributed by atoms with Crippen molar-refractivity contribution in [1.29, 1.82) is 0 Å². The minimum Gasteiger partial charge on any atom is -0.444 e. The second-order valence-corrected chi connectivity index (χ2v) is 4.93. The second-order valence-electron chi connectivity index (χ2n) is 4.93. The van der Waals surface area contributed by atoms with Gasteiger partial charge in [-0.15, -0.1) is 8.78 Å². The van der Waals surface area contributed by atoms with E-state index in [-0.39, 0.29) is 17.2 Å². The lowest BCUT2D eigenvalue weighted by Crippen LogP contribution is -2.28. The second kappa shape index (κ2) is 4.25. The molecule has 0 atom stereocenters. The Labute approximate surface area is 108 Å². The lowest BCUT2D eigenvalue weighted by molar-refractivity contribution is -0.286. The van der Waals surface area contributed by atoms with Crippen molar-refractivity contribution < 1.29 is 27.8 Å². The van der Waals surface area contributed by atoms with Crippen molar-refractivity contribution in [2.45, 2.75) is 32.7 Å². The fraction of sp³-hybridized carbons (Fsp3) is 0.417. The molecule has 1 aromatic rings. The van der Waals surface area contributed by atoms with Gasteiger partial charge in [0.15, 0.2) is 11.5 Å². The van der Waals surface area contributed by atoms with Crippen LogP contribution in [0.2, 0.25) is 0 Å². The smallest absolute Gasteiger partial charge is 0.444 e. The summed E-state index contributed by atoms with van der Waals surface area (Å²) in [5, 5.41) is 2.34. The number of hydrogen-bond acceptors (Lipinski definition) is 4. The van der Waals surface area contributed by atoms with E-state index < -0.39 is 18.0 Å². The molecule has 1 amide bonds. The van der Waals surface area contributed by atoms with Crippen LogP contribution in [0.1, 0.15) is 20.8 Å². The van der Waals surface area contributed by atoms with Gasteiger partial charge < -0.3 is 14.2 Å². The van der Waals surface area contributed by atoms with Crippen LogP contribution in [-0.2, 0) is 4.74 Å². The third-order valence-electron chi connectivity index (χ3n) is 2.06. The summed E-state index contributed by atoms with van der Waals surface area (Å²) < 4.78 is 39.5. The highest BCUT2D eigenvalue weighted by molar-refractivity contribution is 5.88. The van der Waals surface area contributed by atoms with E-state index in [1.807, 2.05) is 0 Å². The molecule has 0 bridgehead atoms. The molecule has 1 heterocycles. The number of ether oxygens (including phenoxy) is 3. The average Bonchev–Trinajstić information content (AvgIpc) is 2.50. The van der Waals surface area contributed by atoms with Gasteiger partial charge in [-0.3, -0.25) is 5.32 Å². The van der Waals surface area contributed by atoms with Crippen molar-refractivity contribution in [3.05, 3.63) is 18.2 Å². The molecule has 0 unspecified atom stereocenters. The minimum absolute atomic E-state index is 0.0592. The molecule has 0 aromatic heterocycles. The van der Waals surface area contributed by atoms with Crippen LogP contribution in [0, 0.1) is 0 Å². The molecule has 7 heteroatoms. The van der Waals surface area contributed by atoms with Crippen molar-refractivity contribution in [3.63, 3.8) is 0 Å². The van der Waals surface area contributed by atoms with E-state index in [0.717, 1.165) is 0 Å². The molecular formula is C12H13F2NO4. The summed E-state index contributed by atoms with van der Waals surface area (Å²) in [6.07, 6.45) is -4.49. The van der Waals surface area contributed by atoms with Gasteiger partial charge in [0.1, 0.15) is 5.60 Å². The number of halogens is 2. The van der Waals surface area contributed by atoms with E-state index in [1.165, 1.54) is 18.2 Å². The molecule has 19 heavy (non-hydrogen) atoms. The number of anilines is 1. The maximum Gasteiger partial charge on any atom is 0.586 e. The summed E-state index contributed by atoms with van der Waals surface area (Å²) in [6.45, 7) is 5.07. The molecule has 0 fully saturated rings. The van der Waals surface area contributed by atoms with Crippen LogP contribution in [0.4, 0.5) is 19.3 Å². The number of nitrogens with one attached hydrogen (secondary N) is 1. The monoisotopic (exact) mass is 273 g/mol. The normalized spacial score (nSPS) is 16.1. The number of carbonyl (C=O) groups is 1. The Bertz CT molecular complexity index is 511. The Kier molecular flexibility index (Phi) is 3.00. The number of hydrogen-bond donors (Lipinski definition) is 1. The number of rotatable bonds is 1. The van der Waals surface area contributed by atoms with Gasteiger partial charge in [-0.25, -0.2) is 4.79 Å². The maximum absolute atomic E-state index is 12.9. The zero-order valence-corrected chi connectivity index (χ0v) is 10.6. The summed E-state index contributed by atoms with van der Waals surface area (Å²) in [6, 6.07) is 4.18. The molecule has 1 aromatic carbocycles. The van der Waals surface area contributed by atoms with Crippen molar-refractivity contribution in [1.82, 2.24) is 0 Å². The molecule has 1 aliphatic heterocycles.